The summed E-state index contributed by atoms with van der Waals surface area (Å²) in [5, 5.41) is 39.5. The fraction of sp³-hybridized carbons (Fsp3) is 0.591. The maximum atomic E-state index is 11.1. The van der Waals surface area contributed by atoms with Crippen molar-refractivity contribution in [3.05, 3.63) is 45.7 Å². The van der Waals surface area contributed by atoms with E-state index in [1.165, 1.54) is 11.3 Å². The van der Waals surface area contributed by atoms with Crippen molar-refractivity contribution in [1.29, 1.82) is 0 Å². The minimum Gasteiger partial charge on any atom is -0.393 e. The molecule has 0 radical (unpaired) electrons. The lowest BCUT2D eigenvalue weighted by molar-refractivity contribution is -0.121. The second kappa shape index (κ2) is 12.6. The molecule has 0 aliphatic heterocycles. The van der Waals surface area contributed by atoms with Crippen LogP contribution in [0.1, 0.15) is 43.4 Å². The summed E-state index contributed by atoms with van der Waals surface area (Å²) in [5.41, 5.74) is 0. The van der Waals surface area contributed by atoms with Crippen LogP contribution in [-0.2, 0) is 11.2 Å². The zero-order chi connectivity index (χ0) is 21.2. The van der Waals surface area contributed by atoms with Crippen molar-refractivity contribution in [2.75, 3.05) is 6.61 Å². The minimum atomic E-state index is -0.620. The molecule has 1 saturated carbocycles. The van der Waals surface area contributed by atoms with Crippen LogP contribution in [0.2, 0.25) is 4.34 Å². The number of aliphatic hydroxyl groups excluding tert-OH is 4. The topological polar surface area (TPSA) is 98.0 Å². The van der Waals surface area contributed by atoms with Crippen molar-refractivity contribution in [3.63, 3.8) is 0 Å². The first-order valence-electron chi connectivity index (χ1n) is 10.1. The number of carbonyl (C=O) groups excluding carboxylic acids is 1. The summed E-state index contributed by atoms with van der Waals surface area (Å²) in [6.07, 6.45) is 9.79. The smallest absolute Gasteiger partial charge is 0.158 e. The fourth-order valence-electron chi connectivity index (χ4n) is 3.70. The summed E-state index contributed by atoms with van der Waals surface area (Å²) in [6.45, 7) is -0.406. The lowest BCUT2D eigenvalue weighted by Gasteiger charge is -2.19. The monoisotopic (exact) mass is 442 g/mol. The molecular formula is C22H31ClO5S. The minimum absolute atomic E-state index is 0.0973. The Labute approximate surface area is 181 Å². The number of thiophene rings is 1. The molecule has 3 unspecified atom stereocenters. The highest BCUT2D eigenvalue weighted by molar-refractivity contribution is 7.16. The van der Waals surface area contributed by atoms with Gasteiger partial charge in [0, 0.05) is 23.6 Å². The first kappa shape index (κ1) is 24.3. The molecule has 1 aromatic heterocycles. The summed E-state index contributed by atoms with van der Waals surface area (Å²) in [6, 6.07) is 3.81. The molecule has 0 saturated heterocycles. The molecule has 1 aliphatic carbocycles. The summed E-state index contributed by atoms with van der Waals surface area (Å²) >= 11 is 7.43. The van der Waals surface area contributed by atoms with Crippen LogP contribution in [0.3, 0.4) is 0 Å². The normalized spacial score (nSPS) is 26.0. The van der Waals surface area contributed by atoms with Gasteiger partial charge in [0.25, 0.3) is 0 Å². The van der Waals surface area contributed by atoms with E-state index in [1.807, 2.05) is 30.4 Å². The predicted octanol–water partition coefficient (Wildman–Crippen LogP) is 3.29. The van der Waals surface area contributed by atoms with Crippen molar-refractivity contribution in [3.8, 4) is 0 Å². The highest BCUT2D eigenvalue weighted by atomic mass is 35.5. The van der Waals surface area contributed by atoms with Crippen LogP contribution in [0, 0.1) is 11.8 Å². The van der Waals surface area contributed by atoms with Crippen LogP contribution in [-0.4, -0.2) is 51.1 Å². The third-order valence-electron chi connectivity index (χ3n) is 5.36. The Morgan fingerprint density at radius 2 is 2.07 bits per heavy atom. The molecule has 162 valence electrons. The van der Waals surface area contributed by atoms with E-state index in [9.17, 15) is 20.1 Å². The highest BCUT2D eigenvalue weighted by Gasteiger charge is 2.39. The summed E-state index contributed by atoms with van der Waals surface area (Å²) in [7, 11) is 0. The maximum absolute atomic E-state index is 11.1. The number of hydrogen-bond donors (Lipinski definition) is 4. The summed E-state index contributed by atoms with van der Waals surface area (Å²) in [5.74, 6) is -0.449. The van der Waals surface area contributed by atoms with E-state index in [2.05, 4.69) is 0 Å². The summed E-state index contributed by atoms with van der Waals surface area (Å²) in [4.78, 5) is 12.2. The standard InChI is InChI=1S/C22H31ClO5S/c23-22-12-10-17(29-22)9-7-15(25)8-11-19-18(20(27)13-21(19)28)6-4-2-1-3-5-16(26)14-24/h2,4,8,10-12,15,18-21,24-25,27-28H,1,3,5-7,9,13-14H2/b4-2-,11-8+/t15-,18-,19?,20?,21?/m1/s1. The van der Waals surface area contributed by atoms with Crippen LogP contribution in [0.5, 0.6) is 0 Å². The highest BCUT2D eigenvalue weighted by Crippen LogP contribution is 2.36. The van der Waals surface area contributed by atoms with E-state index in [1.54, 1.807) is 6.08 Å². The van der Waals surface area contributed by atoms with E-state index < -0.39 is 24.9 Å². The van der Waals surface area contributed by atoms with Crippen molar-refractivity contribution in [2.45, 2.75) is 63.3 Å². The van der Waals surface area contributed by atoms with E-state index in [-0.39, 0.29) is 17.6 Å². The molecule has 4 N–H and O–H groups in total. The van der Waals surface area contributed by atoms with Crippen LogP contribution in [0.15, 0.2) is 36.4 Å². The number of ketones is 1. The van der Waals surface area contributed by atoms with Gasteiger partial charge in [-0.3, -0.25) is 4.79 Å². The molecule has 5 atom stereocenters. The van der Waals surface area contributed by atoms with E-state index >= 15 is 0 Å². The van der Waals surface area contributed by atoms with E-state index in [4.69, 9.17) is 16.7 Å². The number of rotatable bonds is 12. The van der Waals surface area contributed by atoms with Gasteiger partial charge in [0.15, 0.2) is 5.78 Å². The number of aliphatic hydroxyl groups is 4. The van der Waals surface area contributed by atoms with Gasteiger partial charge in [0.2, 0.25) is 0 Å². The molecule has 0 bridgehead atoms. The lowest BCUT2D eigenvalue weighted by atomic mass is 9.89. The Balaban J connectivity index is 1.80. The van der Waals surface area contributed by atoms with Gasteiger partial charge in [-0.2, -0.15) is 0 Å². The molecule has 2 rings (SSSR count). The van der Waals surface area contributed by atoms with Gasteiger partial charge >= 0.3 is 0 Å². The molecule has 5 nitrogen and oxygen atoms in total. The number of unbranched alkanes of at least 4 members (excludes halogenated alkanes) is 1. The number of Topliss-reactive ketones (excluding diaryl/α,β-unsaturated/α-hetero) is 1. The van der Waals surface area contributed by atoms with Crippen molar-refractivity contribution < 1.29 is 25.2 Å². The molecule has 0 amide bonds. The van der Waals surface area contributed by atoms with Gasteiger partial charge in [0.1, 0.15) is 6.61 Å². The first-order valence-corrected chi connectivity index (χ1v) is 11.3. The third-order valence-corrected chi connectivity index (χ3v) is 6.66. The second-order valence-electron chi connectivity index (χ2n) is 7.60. The largest absolute Gasteiger partial charge is 0.393 e. The van der Waals surface area contributed by atoms with Gasteiger partial charge < -0.3 is 20.4 Å². The Hall–Kier alpha value is -1.02. The number of hydrogen-bond acceptors (Lipinski definition) is 6. The molecule has 1 aliphatic rings. The number of aryl methyl sites for hydroxylation is 1. The number of halogens is 1. The quantitative estimate of drug-likeness (QED) is 0.294. The number of carbonyl (C=O) groups is 1. The molecule has 7 heteroatoms. The lowest BCUT2D eigenvalue weighted by Crippen LogP contribution is -2.20. The molecular weight excluding hydrogens is 412 g/mol. The third kappa shape index (κ3) is 8.32. The predicted molar refractivity (Wildman–Crippen MR) is 116 cm³/mol. The van der Waals surface area contributed by atoms with Crippen LogP contribution >= 0.6 is 22.9 Å². The Morgan fingerprint density at radius 3 is 2.76 bits per heavy atom. The van der Waals surface area contributed by atoms with Crippen molar-refractivity contribution >= 4 is 28.7 Å². The zero-order valence-electron chi connectivity index (χ0n) is 16.5. The van der Waals surface area contributed by atoms with Gasteiger partial charge in [-0.25, -0.2) is 0 Å². The van der Waals surface area contributed by atoms with Crippen molar-refractivity contribution in [2.24, 2.45) is 11.8 Å². The van der Waals surface area contributed by atoms with Gasteiger partial charge in [-0.15, -0.1) is 11.3 Å². The average molecular weight is 443 g/mol. The second-order valence-corrected chi connectivity index (χ2v) is 9.40. The average Bonchev–Trinajstić information content (AvgIpc) is 3.23. The SMILES string of the molecule is O=C(CO)CCC/C=C\C[C@H]1C(O)CC(O)C1/C=C/[C@H](O)CCc1ccc(Cl)s1. The molecule has 1 fully saturated rings. The summed E-state index contributed by atoms with van der Waals surface area (Å²) < 4.78 is 0.740. The molecule has 1 heterocycles. The van der Waals surface area contributed by atoms with Crippen LogP contribution in [0.4, 0.5) is 0 Å². The molecule has 29 heavy (non-hydrogen) atoms. The van der Waals surface area contributed by atoms with Crippen molar-refractivity contribution in [1.82, 2.24) is 0 Å². The maximum Gasteiger partial charge on any atom is 0.158 e. The molecule has 1 aromatic rings. The zero-order valence-corrected chi connectivity index (χ0v) is 18.1. The van der Waals surface area contributed by atoms with Gasteiger partial charge in [0.05, 0.1) is 22.6 Å². The Kier molecular flexibility index (Phi) is 10.6. The fourth-order valence-corrected chi connectivity index (χ4v) is 4.81. The van der Waals surface area contributed by atoms with Gasteiger partial charge in [-0.1, -0.05) is 35.9 Å². The Bertz CT molecular complexity index is 686. The van der Waals surface area contributed by atoms with Crippen LogP contribution < -0.4 is 0 Å². The molecule has 0 spiro atoms. The van der Waals surface area contributed by atoms with Crippen LogP contribution in [0.25, 0.3) is 0 Å². The molecule has 0 aromatic carbocycles. The van der Waals surface area contributed by atoms with Gasteiger partial charge in [-0.05, 0) is 50.2 Å². The number of allylic oxidation sites excluding steroid dienone is 2. The van der Waals surface area contributed by atoms with E-state index in [0.717, 1.165) is 22.1 Å². The Morgan fingerprint density at radius 1 is 1.28 bits per heavy atom. The van der Waals surface area contributed by atoms with E-state index in [0.29, 0.717) is 32.1 Å². The first-order chi connectivity index (χ1) is 13.9.